The molecule has 0 saturated carbocycles. The van der Waals surface area contributed by atoms with Crippen molar-refractivity contribution in [3.63, 3.8) is 0 Å². The maximum Gasteiger partial charge on any atom is 0.214 e. The number of nitrogens with one attached hydrogen (secondary N) is 2. The van der Waals surface area contributed by atoms with Crippen LogP contribution in [0.25, 0.3) is 0 Å². The van der Waals surface area contributed by atoms with Crippen LogP contribution in [0.15, 0.2) is 22.7 Å². The average molecular weight is 371 g/mol. The zero-order valence-corrected chi connectivity index (χ0v) is 14.6. The average Bonchev–Trinajstić information content (AvgIpc) is 2.80. The topological polar surface area (TPSA) is 54.9 Å². The molecule has 114 valence electrons. The molecule has 1 aromatic heterocycles. The highest BCUT2D eigenvalue weighted by atomic mass is 79.9. The Morgan fingerprint density at radius 3 is 2.95 bits per heavy atom. The van der Waals surface area contributed by atoms with E-state index >= 15 is 0 Å². The van der Waals surface area contributed by atoms with E-state index in [1.165, 1.54) is 0 Å². The minimum atomic E-state index is 0.575. The standard InChI is InChI=1S/C14H19BrN4OS/c1-3-5-13-17-18-14(21)19(13)16-9-10-8-11(15)6-7-12(10)20-4-2/h6-8,16H,3-5,9H2,1-2H3,(H,18,21). The Hall–Kier alpha value is -1.34. The van der Waals surface area contributed by atoms with Crippen LogP contribution in [0.4, 0.5) is 0 Å². The summed E-state index contributed by atoms with van der Waals surface area (Å²) in [5, 5.41) is 7.06. The first-order valence-corrected chi connectivity index (χ1v) is 8.17. The van der Waals surface area contributed by atoms with Crippen LogP contribution >= 0.6 is 28.1 Å². The summed E-state index contributed by atoms with van der Waals surface area (Å²) in [5.74, 6) is 1.79. The zero-order chi connectivity index (χ0) is 15.2. The number of hydrogen-bond donors (Lipinski definition) is 2. The summed E-state index contributed by atoms with van der Waals surface area (Å²) < 4.78 is 9.08. The van der Waals surface area contributed by atoms with Gasteiger partial charge in [-0.1, -0.05) is 22.9 Å². The molecule has 5 nitrogen and oxygen atoms in total. The highest BCUT2D eigenvalue weighted by molar-refractivity contribution is 9.10. The number of aromatic amines is 1. The summed E-state index contributed by atoms with van der Waals surface area (Å²) in [5.41, 5.74) is 4.37. The molecule has 1 aromatic carbocycles. The number of H-pyrrole nitrogens is 1. The molecule has 0 saturated heterocycles. The molecule has 0 amide bonds. The first-order chi connectivity index (χ1) is 10.2. The van der Waals surface area contributed by atoms with Gasteiger partial charge in [0, 0.05) is 16.5 Å². The first-order valence-electron chi connectivity index (χ1n) is 6.97. The Balaban J connectivity index is 2.18. The van der Waals surface area contributed by atoms with Crippen LogP contribution in [-0.4, -0.2) is 21.5 Å². The summed E-state index contributed by atoms with van der Waals surface area (Å²) in [4.78, 5) is 0. The summed E-state index contributed by atoms with van der Waals surface area (Å²) in [6, 6.07) is 5.98. The highest BCUT2D eigenvalue weighted by Gasteiger charge is 2.08. The summed E-state index contributed by atoms with van der Waals surface area (Å²) in [6.07, 6.45) is 1.89. The minimum absolute atomic E-state index is 0.575. The Morgan fingerprint density at radius 1 is 1.43 bits per heavy atom. The number of ether oxygens (including phenoxy) is 1. The molecule has 1 heterocycles. The van der Waals surface area contributed by atoms with E-state index in [-0.39, 0.29) is 0 Å². The van der Waals surface area contributed by atoms with Gasteiger partial charge in [0.25, 0.3) is 0 Å². The van der Waals surface area contributed by atoms with Crippen LogP contribution in [0.5, 0.6) is 5.75 Å². The number of halogens is 1. The van der Waals surface area contributed by atoms with Gasteiger partial charge in [-0.05, 0) is 43.8 Å². The molecule has 0 radical (unpaired) electrons. The Labute approximate surface area is 137 Å². The third kappa shape index (κ3) is 4.07. The lowest BCUT2D eigenvalue weighted by atomic mass is 10.2. The fourth-order valence-corrected chi connectivity index (χ4v) is 2.65. The fraction of sp³-hybridized carbons (Fsp3) is 0.429. The van der Waals surface area contributed by atoms with Gasteiger partial charge in [0.05, 0.1) is 13.2 Å². The lowest BCUT2D eigenvalue weighted by Gasteiger charge is -2.13. The van der Waals surface area contributed by atoms with Gasteiger partial charge >= 0.3 is 0 Å². The van der Waals surface area contributed by atoms with Crippen molar-refractivity contribution in [2.75, 3.05) is 12.0 Å². The first kappa shape index (κ1) is 16.0. The molecule has 2 aromatic rings. The molecule has 0 spiro atoms. The van der Waals surface area contributed by atoms with Crippen molar-refractivity contribution >= 4 is 28.1 Å². The van der Waals surface area contributed by atoms with Crippen LogP contribution in [-0.2, 0) is 13.0 Å². The monoisotopic (exact) mass is 370 g/mol. The SMILES string of the molecule is CCCc1n[nH]c(=S)n1NCc1cc(Br)ccc1OCC. The van der Waals surface area contributed by atoms with Gasteiger partial charge < -0.3 is 10.2 Å². The Morgan fingerprint density at radius 2 is 2.24 bits per heavy atom. The molecular weight excluding hydrogens is 352 g/mol. The number of nitrogens with zero attached hydrogens (tertiary/aromatic N) is 2. The smallest absolute Gasteiger partial charge is 0.214 e. The molecular formula is C14H19BrN4OS. The van der Waals surface area contributed by atoms with E-state index in [4.69, 9.17) is 17.0 Å². The van der Waals surface area contributed by atoms with Crippen molar-refractivity contribution in [1.29, 1.82) is 0 Å². The maximum atomic E-state index is 5.65. The summed E-state index contributed by atoms with van der Waals surface area (Å²) in [6.45, 7) is 5.34. The fourth-order valence-electron chi connectivity index (χ4n) is 2.03. The molecule has 0 aliphatic rings. The largest absolute Gasteiger partial charge is 0.494 e. The van der Waals surface area contributed by atoms with Crippen molar-refractivity contribution in [1.82, 2.24) is 14.9 Å². The van der Waals surface area contributed by atoms with E-state index in [1.807, 2.05) is 29.8 Å². The molecule has 0 bridgehead atoms. The zero-order valence-electron chi connectivity index (χ0n) is 12.1. The number of hydrogen-bond acceptors (Lipinski definition) is 4. The van der Waals surface area contributed by atoms with Gasteiger partial charge in [-0.2, -0.15) is 5.10 Å². The van der Waals surface area contributed by atoms with Crippen molar-refractivity contribution in [3.8, 4) is 5.75 Å². The molecule has 7 heteroatoms. The number of rotatable bonds is 7. The number of benzene rings is 1. The maximum absolute atomic E-state index is 5.65. The van der Waals surface area contributed by atoms with E-state index in [2.05, 4.69) is 38.5 Å². The third-order valence-corrected chi connectivity index (χ3v) is 3.73. The van der Waals surface area contributed by atoms with E-state index in [1.54, 1.807) is 0 Å². The van der Waals surface area contributed by atoms with Gasteiger partial charge in [0.15, 0.2) is 5.82 Å². The van der Waals surface area contributed by atoms with Crippen molar-refractivity contribution in [2.45, 2.75) is 33.2 Å². The second kappa shape index (κ2) is 7.61. The van der Waals surface area contributed by atoms with Gasteiger partial charge in [-0.25, -0.2) is 4.68 Å². The molecule has 2 N–H and O–H groups in total. The van der Waals surface area contributed by atoms with Crippen LogP contribution < -0.4 is 10.2 Å². The number of aromatic nitrogens is 3. The van der Waals surface area contributed by atoms with Gasteiger partial charge in [-0.15, -0.1) is 0 Å². The molecule has 0 unspecified atom stereocenters. The molecule has 0 aliphatic carbocycles. The lowest BCUT2D eigenvalue weighted by molar-refractivity contribution is 0.336. The van der Waals surface area contributed by atoms with E-state index in [9.17, 15) is 0 Å². The molecule has 2 rings (SSSR count). The normalized spacial score (nSPS) is 10.6. The van der Waals surface area contributed by atoms with E-state index in [0.29, 0.717) is 17.9 Å². The van der Waals surface area contributed by atoms with E-state index < -0.39 is 0 Å². The predicted molar refractivity (Wildman–Crippen MR) is 89.8 cm³/mol. The van der Waals surface area contributed by atoms with Gasteiger partial charge in [-0.3, -0.25) is 5.10 Å². The van der Waals surface area contributed by atoms with Gasteiger partial charge in [0.1, 0.15) is 5.75 Å². The lowest BCUT2D eigenvalue weighted by Crippen LogP contribution is -2.18. The molecule has 0 fully saturated rings. The second-order valence-corrected chi connectivity index (χ2v) is 5.85. The third-order valence-electron chi connectivity index (χ3n) is 2.97. The molecule has 0 aliphatic heterocycles. The summed E-state index contributed by atoms with van der Waals surface area (Å²) in [7, 11) is 0. The second-order valence-electron chi connectivity index (χ2n) is 4.55. The number of aryl methyl sites for hydroxylation is 1. The van der Waals surface area contributed by atoms with Crippen LogP contribution in [0, 0.1) is 4.77 Å². The molecule has 21 heavy (non-hydrogen) atoms. The van der Waals surface area contributed by atoms with Crippen LogP contribution in [0.3, 0.4) is 0 Å². The van der Waals surface area contributed by atoms with Crippen molar-refractivity contribution in [2.24, 2.45) is 0 Å². The van der Waals surface area contributed by atoms with Crippen molar-refractivity contribution in [3.05, 3.63) is 38.8 Å². The summed E-state index contributed by atoms with van der Waals surface area (Å²) >= 11 is 8.74. The highest BCUT2D eigenvalue weighted by Crippen LogP contribution is 2.23. The molecule has 0 atom stereocenters. The predicted octanol–water partition coefficient (Wildman–Crippen LogP) is 3.80. The van der Waals surface area contributed by atoms with Crippen LogP contribution in [0.2, 0.25) is 0 Å². The Bertz CT molecular complexity index is 653. The van der Waals surface area contributed by atoms with Crippen molar-refractivity contribution < 1.29 is 4.74 Å². The van der Waals surface area contributed by atoms with Crippen LogP contribution in [0.1, 0.15) is 31.7 Å². The Kier molecular flexibility index (Phi) is 5.81. The minimum Gasteiger partial charge on any atom is -0.494 e. The van der Waals surface area contributed by atoms with Gasteiger partial charge in [0.2, 0.25) is 4.77 Å². The van der Waals surface area contributed by atoms with E-state index in [0.717, 1.165) is 34.5 Å². The quantitative estimate of drug-likeness (QED) is 0.727.